The van der Waals surface area contributed by atoms with Gasteiger partial charge in [-0.15, -0.1) is 0 Å². The van der Waals surface area contributed by atoms with E-state index in [-0.39, 0.29) is 0 Å². The van der Waals surface area contributed by atoms with Gasteiger partial charge in [0.1, 0.15) is 0 Å². The van der Waals surface area contributed by atoms with Crippen LogP contribution in [-0.2, 0) is 6.42 Å². The molecule has 0 unspecified atom stereocenters. The highest BCUT2D eigenvalue weighted by molar-refractivity contribution is 5.64. The minimum atomic E-state index is 0.944. The number of benzene rings is 4. The van der Waals surface area contributed by atoms with E-state index in [4.69, 9.17) is 0 Å². The van der Waals surface area contributed by atoms with Crippen LogP contribution in [0.15, 0.2) is 109 Å². The van der Waals surface area contributed by atoms with Gasteiger partial charge in [0.25, 0.3) is 0 Å². The van der Waals surface area contributed by atoms with E-state index >= 15 is 0 Å². The third-order valence-corrected chi connectivity index (χ3v) is 4.65. The van der Waals surface area contributed by atoms with Gasteiger partial charge in [0.05, 0.1) is 0 Å². The molecule has 0 aliphatic rings. The molecule has 0 aliphatic heterocycles. The summed E-state index contributed by atoms with van der Waals surface area (Å²) < 4.78 is 0. The third-order valence-electron chi connectivity index (χ3n) is 4.65. The van der Waals surface area contributed by atoms with Crippen LogP contribution in [0.2, 0.25) is 0 Å². The summed E-state index contributed by atoms with van der Waals surface area (Å²) in [6.45, 7) is 0. The lowest BCUT2D eigenvalue weighted by Crippen LogP contribution is -1.89. The van der Waals surface area contributed by atoms with Crippen molar-refractivity contribution in [3.8, 4) is 22.3 Å². The van der Waals surface area contributed by atoms with Crippen LogP contribution in [0.5, 0.6) is 0 Å². The van der Waals surface area contributed by atoms with Crippen molar-refractivity contribution in [2.75, 3.05) is 0 Å². The van der Waals surface area contributed by atoms with Crippen molar-refractivity contribution in [3.63, 3.8) is 0 Å². The summed E-state index contributed by atoms with van der Waals surface area (Å²) in [5, 5.41) is 0. The van der Waals surface area contributed by atoms with E-state index < -0.39 is 0 Å². The molecule has 0 spiro atoms. The minimum Gasteiger partial charge on any atom is -0.0622 e. The molecule has 26 heavy (non-hydrogen) atoms. The fourth-order valence-corrected chi connectivity index (χ4v) is 3.14. The highest BCUT2D eigenvalue weighted by Crippen LogP contribution is 2.22. The van der Waals surface area contributed by atoms with Crippen molar-refractivity contribution < 1.29 is 0 Å². The Hall–Kier alpha value is -3.12. The Morgan fingerprint density at radius 2 is 0.846 bits per heavy atom. The molecule has 0 heterocycles. The molecule has 0 saturated carbocycles. The average Bonchev–Trinajstić information content (AvgIpc) is 2.74. The maximum Gasteiger partial charge on any atom is -0.00494 e. The van der Waals surface area contributed by atoms with E-state index in [1.54, 1.807) is 0 Å². The second kappa shape index (κ2) is 7.84. The van der Waals surface area contributed by atoms with Crippen molar-refractivity contribution in [2.24, 2.45) is 0 Å². The summed E-state index contributed by atoms with van der Waals surface area (Å²) >= 11 is 0. The van der Waals surface area contributed by atoms with E-state index in [1.165, 1.54) is 33.4 Å². The van der Waals surface area contributed by atoms with Gasteiger partial charge in [0.15, 0.2) is 0 Å². The lowest BCUT2D eigenvalue weighted by molar-refractivity contribution is 1.17. The Balaban J connectivity index is 1.40. The standard InChI is InChI=1S/C26H21/c1-3-7-23(8-4-1)25-17-13-21(14-18-25)11-12-22-15-19-26(20-16-22)24-9-5-2-6-10-24/h1-11,13-20H,12H2. The van der Waals surface area contributed by atoms with E-state index in [1.807, 2.05) is 0 Å². The molecule has 1 radical (unpaired) electrons. The maximum atomic E-state index is 2.28. The molecule has 0 amide bonds. The molecule has 4 aromatic carbocycles. The fraction of sp³-hybridized carbons (Fsp3) is 0.0385. The Morgan fingerprint density at radius 1 is 0.423 bits per heavy atom. The van der Waals surface area contributed by atoms with Gasteiger partial charge in [-0.1, -0.05) is 109 Å². The minimum absolute atomic E-state index is 0.944. The van der Waals surface area contributed by atoms with Crippen LogP contribution in [0, 0.1) is 6.42 Å². The zero-order chi connectivity index (χ0) is 17.6. The van der Waals surface area contributed by atoms with E-state index in [0.29, 0.717) is 0 Å². The van der Waals surface area contributed by atoms with Crippen molar-refractivity contribution in [2.45, 2.75) is 6.42 Å². The van der Waals surface area contributed by atoms with Gasteiger partial charge in [-0.2, -0.15) is 0 Å². The van der Waals surface area contributed by atoms with Crippen LogP contribution in [0.25, 0.3) is 22.3 Å². The third kappa shape index (κ3) is 3.92. The second-order valence-electron chi connectivity index (χ2n) is 6.46. The van der Waals surface area contributed by atoms with Gasteiger partial charge in [-0.25, -0.2) is 0 Å². The van der Waals surface area contributed by atoms with Gasteiger partial charge in [0, 0.05) is 0 Å². The van der Waals surface area contributed by atoms with Crippen LogP contribution in [0.1, 0.15) is 11.1 Å². The molecule has 0 aliphatic carbocycles. The number of hydrogen-bond acceptors (Lipinski definition) is 0. The Labute approximate surface area is 155 Å². The molecule has 4 aromatic rings. The first-order valence-electron chi connectivity index (χ1n) is 9.01. The van der Waals surface area contributed by atoms with Gasteiger partial charge < -0.3 is 0 Å². The summed E-state index contributed by atoms with van der Waals surface area (Å²) in [6, 6.07) is 38.6. The molecular weight excluding hydrogens is 312 g/mol. The highest BCUT2D eigenvalue weighted by Gasteiger charge is 2.01. The molecule has 0 nitrogen and oxygen atoms in total. The van der Waals surface area contributed by atoms with Crippen molar-refractivity contribution >= 4 is 0 Å². The van der Waals surface area contributed by atoms with E-state index in [9.17, 15) is 0 Å². The van der Waals surface area contributed by atoms with Gasteiger partial charge in [-0.3, -0.25) is 0 Å². The summed E-state index contributed by atoms with van der Waals surface area (Å²) in [5.74, 6) is 0. The maximum absolute atomic E-state index is 2.28. The summed E-state index contributed by atoms with van der Waals surface area (Å²) in [6.07, 6.45) is 3.23. The van der Waals surface area contributed by atoms with E-state index in [2.05, 4.69) is 116 Å². The zero-order valence-corrected chi connectivity index (χ0v) is 14.7. The van der Waals surface area contributed by atoms with Crippen LogP contribution >= 0.6 is 0 Å². The van der Waals surface area contributed by atoms with Crippen LogP contribution in [0.4, 0.5) is 0 Å². The Kier molecular flexibility index (Phi) is 4.93. The zero-order valence-electron chi connectivity index (χ0n) is 14.7. The van der Waals surface area contributed by atoms with Gasteiger partial charge in [-0.05, 0) is 46.2 Å². The summed E-state index contributed by atoms with van der Waals surface area (Å²) in [7, 11) is 0. The van der Waals surface area contributed by atoms with Crippen molar-refractivity contribution in [3.05, 3.63) is 127 Å². The van der Waals surface area contributed by atoms with Crippen LogP contribution < -0.4 is 0 Å². The topological polar surface area (TPSA) is 0 Å². The predicted octanol–water partition coefficient (Wildman–Crippen LogP) is 6.82. The second-order valence-corrected chi connectivity index (χ2v) is 6.46. The number of hydrogen-bond donors (Lipinski definition) is 0. The molecule has 125 valence electrons. The first-order chi connectivity index (χ1) is 12.9. The van der Waals surface area contributed by atoms with Crippen molar-refractivity contribution in [1.29, 1.82) is 0 Å². The Morgan fingerprint density at radius 3 is 1.35 bits per heavy atom. The highest BCUT2D eigenvalue weighted by atomic mass is 14.1. The molecule has 0 bridgehead atoms. The first-order valence-corrected chi connectivity index (χ1v) is 9.01. The van der Waals surface area contributed by atoms with E-state index in [0.717, 1.165) is 6.42 Å². The van der Waals surface area contributed by atoms with Crippen molar-refractivity contribution in [1.82, 2.24) is 0 Å². The van der Waals surface area contributed by atoms with Crippen LogP contribution in [0.3, 0.4) is 0 Å². The number of rotatable bonds is 5. The normalized spacial score (nSPS) is 10.6. The molecular formula is C26H21. The quantitative estimate of drug-likeness (QED) is 0.376. The molecule has 0 N–H and O–H groups in total. The van der Waals surface area contributed by atoms with Crippen LogP contribution in [-0.4, -0.2) is 0 Å². The van der Waals surface area contributed by atoms with Gasteiger partial charge in [0.2, 0.25) is 0 Å². The molecule has 0 fully saturated rings. The lowest BCUT2D eigenvalue weighted by Gasteiger charge is -2.06. The largest absolute Gasteiger partial charge is 0.0622 e. The Bertz CT molecular complexity index is 851. The fourth-order valence-electron chi connectivity index (χ4n) is 3.14. The van der Waals surface area contributed by atoms with Gasteiger partial charge >= 0.3 is 0 Å². The average molecular weight is 333 g/mol. The lowest BCUT2D eigenvalue weighted by atomic mass is 9.99. The SMILES string of the molecule is [CH](Cc1ccc(-c2ccccc2)cc1)c1ccc(-c2ccccc2)cc1. The summed E-state index contributed by atoms with van der Waals surface area (Å²) in [4.78, 5) is 0. The smallest absolute Gasteiger partial charge is 0.00494 e. The molecule has 0 saturated heterocycles. The molecule has 0 aromatic heterocycles. The molecule has 0 heteroatoms. The first kappa shape index (κ1) is 16.4. The molecule has 0 atom stereocenters. The predicted molar refractivity (Wildman–Crippen MR) is 111 cm³/mol. The summed E-state index contributed by atoms with van der Waals surface area (Å²) in [5.41, 5.74) is 7.64. The monoisotopic (exact) mass is 333 g/mol. The molecule has 4 rings (SSSR count).